The lowest BCUT2D eigenvalue weighted by molar-refractivity contribution is 0.251. The van der Waals surface area contributed by atoms with Crippen molar-refractivity contribution in [2.45, 2.75) is 71.1 Å². The average molecular weight is 238 g/mol. The third-order valence-corrected chi connectivity index (χ3v) is 3.91. The van der Waals surface area contributed by atoms with Crippen LogP contribution in [0.15, 0.2) is 10.6 Å². The van der Waals surface area contributed by atoms with Crippen LogP contribution >= 0.6 is 0 Å². The summed E-state index contributed by atoms with van der Waals surface area (Å²) >= 11 is 0. The Morgan fingerprint density at radius 2 is 1.88 bits per heavy atom. The molecule has 0 amide bonds. The minimum Gasteiger partial charge on any atom is -0.381 e. The zero-order valence-corrected chi connectivity index (χ0v) is 11.5. The van der Waals surface area contributed by atoms with Gasteiger partial charge in [0.05, 0.1) is 0 Å². The molecule has 0 saturated heterocycles. The minimum atomic E-state index is 0.137. The van der Waals surface area contributed by atoms with Gasteiger partial charge in [-0.3, -0.25) is 0 Å². The monoisotopic (exact) mass is 238 g/mol. The second kappa shape index (κ2) is 6.67. The first kappa shape index (κ1) is 14.1. The summed E-state index contributed by atoms with van der Waals surface area (Å²) in [7, 11) is 0. The largest absolute Gasteiger partial charge is 0.381 e. The first-order chi connectivity index (χ1) is 8.18. The molecule has 0 radical (unpaired) electrons. The third-order valence-electron chi connectivity index (χ3n) is 3.91. The molecule has 0 bridgehead atoms. The van der Waals surface area contributed by atoms with Crippen LogP contribution in [0.4, 0.5) is 5.82 Å². The summed E-state index contributed by atoms with van der Waals surface area (Å²) < 4.78 is 5.39. The first-order valence-electron chi connectivity index (χ1n) is 6.91. The van der Waals surface area contributed by atoms with Crippen LogP contribution in [-0.4, -0.2) is 5.16 Å². The fourth-order valence-electron chi connectivity index (χ4n) is 2.50. The molecule has 1 heterocycles. The predicted octanol–water partition coefficient (Wildman–Crippen LogP) is 4.29. The van der Waals surface area contributed by atoms with E-state index in [0.717, 1.165) is 18.6 Å². The standard InChI is InChI=1S/C14H26N2O/c1-4-7-8-9-10-14(5-2,6-3)12-11-13(15)16-17-12/h11H,4-10H2,1-3H3,(H2,15,16). The van der Waals surface area contributed by atoms with Gasteiger partial charge in [0.2, 0.25) is 0 Å². The zero-order chi connectivity index (χ0) is 12.7. The Labute approximate surface area is 105 Å². The summed E-state index contributed by atoms with van der Waals surface area (Å²) in [6, 6.07) is 1.90. The van der Waals surface area contributed by atoms with Crippen molar-refractivity contribution in [3.05, 3.63) is 11.8 Å². The molecule has 0 aromatic carbocycles. The van der Waals surface area contributed by atoms with Crippen LogP contribution in [0.25, 0.3) is 0 Å². The van der Waals surface area contributed by atoms with Gasteiger partial charge in [-0.2, -0.15) is 0 Å². The fraction of sp³-hybridized carbons (Fsp3) is 0.786. The number of hydrogen-bond donors (Lipinski definition) is 1. The lowest BCUT2D eigenvalue weighted by atomic mass is 9.75. The molecule has 0 aliphatic rings. The molecule has 0 atom stereocenters. The van der Waals surface area contributed by atoms with E-state index in [2.05, 4.69) is 25.9 Å². The number of nitrogen functional groups attached to an aromatic ring is 1. The molecule has 98 valence electrons. The molecule has 3 nitrogen and oxygen atoms in total. The number of nitrogens with zero attached hydrogens (tertiary/aromatic N) is 1. The summed E-state index contributed by atoms with van der Waals surface area (Å²) in [5, 5.41) is 3.83. The maximum atomic E-state index is 5.66. The number of nitrogens with two attached hydrogens (primary N) is 1. The van der Waals surface area contributed by atoms with Crippen LogP contribution in [0, 0.1) is 0 Å². The normalized spacial score (nSPS) is 11.9. The van der Waals surface area contributed by atoms with Crippen LogP contribution < -0.4 is 5.73 Å². The Balaban J connectivity index is 2.68. The van der Waals surface area contributed by atoms with Gasteiger partial charge >= 0.3 is 0 Å². The highest BCUT2D eigenvalue weighted by molar-refractivity contribution is 5.30. The molecule has 0 aliphatic heterocycles. The number of unbranched alkanes of at least 4 members (excludes halogenated alkanes) is 3. The zero-order valence-electron chi connectivity index (χ0n) is 11.5. The molecule has 0 unspecified atom stereocenters. The summed E-state index contributed by atoms with van der Waals surface area (Å²) in [5.41, 5.74) is 5.79. The number of aromatic nitrogens is 1. The summed E-state index contributed by atoms with van der Waals surface area (Å²) in [4.78, 5) is 0. The summed E-state index contributed by atoms with van der Waals surface area (Å²) in [6.45, 7) is 6.69. The molecule has 1 aromatic rings. The maximum Gasteiger partial charge on any atom is 0.167 e. The Hall–Kier alpha value is -0.990. The second-order valence-corrected chi connectivity index (χ2v) is 4.91. The third kappa shape index (κ3) is 3.48. The lowest BCUT2D eigenvalue weighted by Crippen LogP contribution is -2.23. The molecular weight excluding hydrogens is 212 g/mol. The SMILES string of the molecule is CCCCCCC(CC)(CC)c1cc(N)no1. The molecular formula is C14H26N2O. The van der Waals surface area contributed by atoms with Gasteiger partial charge in [0.15, 0.2) is 5.82 Å². The van der Waals surface area contributed by atoms with Gasteiger partial charge in [-0.05, 0) is 19.3 Å². The van der Waals surface area contributed by atoms with Gasteiger partial charge in [0.1, 0.15) is 5.76 Å². The van der Waals surface area contributed by atoms with Crippen molar-refractivity contribution >= 4 is 5.82 Å². The van der Waals surface area contributed by atoms with E-state index in [1.807, 2.05) is 6.07 Å². The van der Waals surface area contributed by atoms with Crippen molar-refractivity contribution < 1.29 is 4.52 Å². The van der Waals surface area contributed by atoms with Crippen LogP contribution in [0.2, 0.25) is 0 Å². The molecule has 2 N–H and O–H groups in total. The van der Waals surface area contributed by atoms with Crippen molar-refractivity contribution in [2.75, 3.05) is 5.73 Å². The minimum absolute atomic E-state index is 0.137. The highest BCUT2D eigenvalue weighted by atomic mass is 16.5. The number of anilines is 1. The van der Waals surface area contributed by atoms with E-state index in [1.165, 1.54) is 32.1 Å². The van der Waals surface area contributed by atoms with Gasteiger partial charge < -0.3 is 10.3 Å². The Morgan fingerprint density at radius 1 is 1.18 bits per heavy atom. The number of rotatable bonds is 8. The second-order valence-electron chi connectivity index (χ2n) is 4.91. The van der Waals surface area contributed by atoms with E-state index in [9.17, 15) is 0 Å². The highest BCUT2D eigenvalue weighted by Crippen LogP contribution is 2.37. The molecule has 0 fully saturated rings. The molecule has 0 saturated carbocycles. The van der Waals surface area contributed by atoms with Crippen molar-refractivity contribution in [1.29, 1.82) is 0 Å². The molecule has 1 aromatic heterocycles. The van der Waals surface area contributed by atoms with E-state index < -0.39 is 0 Å². The van der Waals surface area contributed by atoms with Crippen LogP contribution in [-0.2, 0) is 5.41 Å². The molecule has 0 aliphatic carbocycles. The molecule has 0 spiro atoms. The van der Waals surface area contributed by atoms with Crippen LogP contribution in [0.1, 0.15) is 71.5 Å². The highest BCUT2D eigenvalue weighted by Gasteiger charge is 2.32. The summed E-state index contributed by atoms with van der Waals surface area (Å²) in [5.74, 6) is 1.47. The van der Waals surface area contributed by atoms with E-state index in [4.69, 9.17) is 10.3 Å². The van der Waals surface area contributed by atoms with Crippen molar-refractivity contribution in [2.24, 2.45) is 0 Å². The first-order valence-corrected chi connectivity index (χ1v) is 6.91. The van der Waals surface area contributed by atoms with Crippen LogP contribution in [0.3, 0.4) is 0 Å². The van der Waals surface area contributed by atoms with Gasteiger partial charge in [-0.1, -0.05) is 51.6 Å². The topological polar surface area (TPSA) is 52.0 Å². The van der Waals surface area contributed by atoms with E-state index >= 15 is 0 Å². The van der Waals surface area contributed by atoms with E-state index in [1.54, 1.807) is 0 Å². The van der Waals surface area contributed by atoms with Gasteiger partial charge in [0, 0.05) is 11.5 Å². The summed E-state index contributed by atoms with van der Waals surface area (Å²) in [6.07, 6.45) is 8.52. The van der Waals surface area contributed by atoms with E-state index in [-0.39, 0.29) is 5.41 Å². The Bertz CT molecular complexity index is 316. The number of hydrogen-bond acceptors (Lipinski definition) is 3. The molecule has 3 heteroatoms. The predicted molar refractivity (Wildman–Crippen MR) is 71.9 cm³/mol. The lowest BCUT2D eigenvalue weighted by Gasteiger charge is -2.28. The van der Waals surface area contributed by atoms with Crippen molar-refractivity contribution in [3.8, 4) is 0 Å². The van der Waals surface area contributed by atoms with Crippen molar-refractivity contribution in [3.63, 3.8) is 0 Å². The molecule has 17 heavy (non-hydrogen) atoms. The van der Waals surface area contributed by atoms with E-state index in [0.29, 0.717) is 5.82 Å². The molecule has 1 rings (SSSR count). The quantitative estimate of drug-likeness (QED) is 0.687. The maximum absolute atomic E-state index is 5.66. The van der Waals surface area contributed by atoms with Gasteiger partial charge in [-0.15, -0.1) is 0 Å². The average Bonchev–Trinajstić information content (AvgIpc) is 2.77. The van der Waals surface area contributed by atoms with Crippen molar-refractivity contribution in [1.82, 2.24) is 5.16 Å². The smallest absolute Gasteiger partial charge is 0.167 e. The fourth-order valence-corrected chi connectivity index (χ4v) is 2.50. The van der Waals surface area contributed by atoms with Gasteiger partial charge in [0.25, 0.3) is 0 Å². The Morgan fingerprint density at radius 3 is 2.35 bits per heavy atom. The van der Waals surface area contributed by atoms with Gasteiger partial charge in [-0.25, -0.2) is 0 Å². The van der Waals surface area contributed by atoms with Crippen LogP contribution in [0.5, 0.6) is 0 Å². The Kier molecular flexibility index (Phi) is 5.52.